The maximum Gasteiger partial charge on any atom is 0.146 e. The number of thiophene rings is 1. The first-order chi connectivity index (χ1) is 16.0. The predicted octanol–water partition coefficient (Wildman–Crippen LogP) is 5.48. The van der Waals surface area contributed by atoms with Crippen molar-refractivity contribution in [1.29, 1.82) is 0 Å². The highest BCUT2D eigenvalue weighted by Crippen LogP contribution is 2.36. The summed E-state index contributed by atoms with van der Waals surface area (Å²) in [6.07, 6.45) is 6.34. The topological polar surface area (TPSA) is 58.9 Å². The number of aromatic nitrogens is 4. The van der Waals surface area contributed by atoms with Crippen LogP contribution in [0.5, 0.6) is 0 Å². The van der Waals surface area contributed by atoms with E-state index in [1.54, 1.807) is 11.3 Å². The molecule has 1 aromatic carbocycles. The molecule has 0 amide bonds. The maximum atomic E-state index is 5.10. The predicted molar refractivity (Wildman–Crippen MR) is 136 cm³/mol. The number of hydrogen-bond acceptors (Lipinski definition) is 6. The molecule has 0 aliphatic carbocycles. The molecule has 6 nitrogen and oxygen atoms in total. The Morgan fingerprint density at radius 1 is 1.12 bits per heavy atom. The summed E-state index contributed by atoms with van der Waals surface area (Å²) < 4.78 is 2.07. The molecule has 4 heterocycles. The third-order valence-electron chi connectivity index (χ3n) is 6.85. The molecule has 0 spiro atoms. The Labute approximate surface area is 199 Å². The summed E-state index contributed by atoms with van der Waals surface area (Å²) in [5.74, 6) is 3.57. The van der Waals surface area contributed by atoms with E-state index in [1.807, 2.05) is 25.5 Å². The number of likely N-dealkylation sites (tertiary alicyclic amines) is 1. The van der Waals surface area contributed by atoms with Crippen LogP contribution in [0.1, 0.15) is 53.5 Å². The van der Waals surface area contributed by atoms with Crippen LogP contribution in [0.4, 0.5) is 5.82 Å². The molecule has 1 N–H and O–H groups in total. The first-order valence-corrected chi connectivity index (χ1v) is 12.6. The van der Waals surface area contributed by atoms with Crippen molar-refractivity contribution in [3.05, 3.63) is 70.4 Å². The smallest absolute Gasteiger partial charge is 0.146 e. The molecule has 3 aromatic heterocycles. The summed E-state index contributed by atoms with van der Waals surface area (Å²) >= 11 is 1.76. The number of piperidine rings is 1. The summed E-state index contributed by atoms with van der Waals surface area (Å²) in [6, 6.07) is 10.4. The summed E-state index contributed by atoms with van der Waals surface area (Å²) in [5.41, 5.74) is 2.41. The van der Waals surface area contributed by atoms with Gasteiger partial charge in [0.15, 0.2) is 0 Å². The van der Waals surface area contributed by atoms with Gasteiger partial charge in [-0.15, -0.1) is 11.3 Å². The van der Waals surface area contributed by atoms with E-state index in [4.69, 9.17) is 9.97 Å². The summed E-state index contributed by atoms with van der Waals surface area (Å²) in [4.78, 5) is 19.6. The maximum absolute atomic E-state index is 5.10. The first kappa shape index (κ1) is 22.0. The molecule has 7 heteroatoms. The van der Waals surface area contributed by atoms with Crippen molar-refractivity contribution in [3.8, 4) is 0 Å². The average Bonchev–Trinajstić information content (AvgIpc) is 3.36. The van der Waals surface area contributed by atoms with Crippen molar-refractivity contribution in [2.24, 2.45) is 13.0 Å². The van der Waals surface area contributed by atoms with E-state index >= 15 is 0 Å². The Kier molecular flexibility index (Phi) is 6.17. The van der Waals surface area contributed by atoms with Crippen LogP contribution in [0.3, 0.4) is 0 Å². The second-order valence-corrected chi connectivity index (χ2v) is 10.5. The molecule has 0 saturated carbocycles. The van der Waals surface area contributed by atoms with Crippen LogP contribution in [-0.2, 0) is 13.6 Å². The van der Waals surface area contributed by atoms with E-state index in [0.29, 0.717) is 0 Å². The van der Waals surface area contributed by atoms with Gasteiger partial charge in [0, 0.05) is 24.3 Å². The van der Waals surface area contributed by atoms with Crippen molar-refractivity contribution in [1.82, 2.24) is 24.4 Å². The number of hydrogen-bond donors (Lipinski definition) is 1. The van der Waals surface area contributed by atoms with Crippen LogP contribution < -0.4 is 5.32 Å². The number of nitrogens with one attached hydrogen (secondary N) is 1. The highest BCUT2D eigenvalue weighted by atomic mass is 32.1. The SMILES string of the molecule is Cc1sc2nc(CN3CCC(C)CC3)nc(N[C@@H](c3ccccc3)c3nccn3C)c2c1C. The van der Waals surface area contributed by atoms with Crippen molar-refractivity contribution >= 4 is 27.4 Å². The molecule has 1 atom stereocenters. The minimum absolute atomic E-state index is 0.104. The van der Waals surface area contributed by atoms with E-state index in [2.05, 4.69) is 64.8 Å². The number of imidazole rings is 1. The van der Waals surface area contributed by atoms with Gasteiger partial charge in [0.2, 0.25) is 0 Å². The van der Waals surface area contributed by atoms with Crippen molar-refractivity contribution in [2.75, 3.05) is 18.4 Å². The molecule has 1 aliphatic rings. The molecular formula is C26H32N6S. The van der Waals surface area contributed by atoms with Gasteiger partial charge in [0.05, 0.1) is 11.9 Å². The second kappa shape index (κ2) is 9.23. The van der Waals surface area contributed by atoms with E-state index in [9.17, 15) is 0 Å². The number of benzene rings is 1. The first-order valence-electron chi connectivity index (χ1n) is 11.8. The van der Waals surface area contributed by atoms with Gasteiger partial charge in [-0.25, -0.2) is 15.0 Å². The van der Waals surface area contributed by atoms with Gasteiger partial charge >= 0.3 is 0 Å². The van der Waals surface area contributed by atoms with Gasteiger partial charge in [-0.1, -0.05) is 37.3 Å². The third-order valence-corrected chi connectivity index (χ3v) is 7.95. The van der Waals surface area contributed by atoms with Crippen LogP contribution in [0.2, 0.25) is 0 Å². The fourth-order valence-corrected chi connectivity index (χ4v) is 5.67. The lowest BCUT2D eigenvalue weighted by Crippen LogP contribution is -2.33. The standard InChI is InChI=1S/C26H32N6S/c1-17-10-13-32(14-11-17)16-21-28-24(22-18(2)19(3)33-26(22)29-21)30-23(20-8-6-5-7-9-20)25-27-12-15-31(25)4/h5-9,12,15,17,23H,10-11,13-14,16H2,1-4H3,(H,28,29,30)/t23-/m0/s1. The molecule has 0 radical (unpaired) electrons. The molecule has 5 rings (SSSR count). The molecule has 33 heavy (non-hydrogen) atoms. The molecule has 1 fully saturated rings. The lowest BCUT2D eigenvalue weighted by Gasteiger charge is -2.29. The number of anilines is 1. The van der Waals surface area contributed by atoms with Gasteiger partial charge in [0.25, 0.3) is 0 Å². The van der Waals surface area contributed by atoms with Crippen molar-refractivity contribution in [2.45, 2.75) is 46.2 Å². The molecule has 0 bridgehead atoms. The Hall–Kier alpha value is -2.77. The third kappa shape index (κ3) is 4.52. The quantitative estimate of drug-likeness (QED) is 0.413. The van der Waals surface area contributed by atoms with Crippen molar-refractivity contribution in [3.63, 3.8) is 0 Å². The Morgan fingerprint density at radius 2 is 1.88 bits per heavy atom. The van der Waals surface area contributed by atoms with Crippen LogP contribution in [0.25, 0.3) is 10.2 Å². The van der Waals surface area contributed by atoms with Crippen LogP contribution in [0.15, 0.2) is 42.7 Å². The zero-order valence-corrected chi connectivity index (χ0v) is 20.7. The van der Waals surface area contributed by atoms with E-state index in [1.165, 1.54) is 23.3 Å². The van der Waals surface area contributed by atoms with Gasteiger partial charge < -0.3 is 9.88 Å². The summed E-state index contributed by atoms with van der Waals surface area (Å²) in [5, 5.41) is 4.90. The van der Waals surface area contributed by atoms with E-state index in [-0.39, 0.29) is 6.04 Å². The highest BCUT2D eigenvalue weighted by Gasteiger charge is 2.23. The number of aryl methyl sites for hydroxylation is 3. The Balaban J connectivity index is 1.55. The average molecular weight is 461 g/mol. The summed E-state index contributed by atoms with van der Waals surface area (Å²) in [7, 11) is 2.04. The monoisotopic (exact) mass is 460 g/mol. The minimum Gasteiger partial charge on any atom is -0.356 e. The molecule has 0 unspecified atom stereocenters. The number of rotatable bonds is 6. The molecule has 1 aliphatic heterocycles. The lowest BCUT2D eigenvalue weighted by atomic mass is 9.99. The fraction of sp³-hybridized carbons (Fsp3) is 0.423. The van der Waals surface area contributed by atoms with Crippen LogP contribution in [-0.4, -0.2) is 37.5 Å². The molecule has 4 aromatic rings. The summed E-state index contributed by atoms with van der Waals surface area (Å²) in [6.45, 7) is 9.73. The highest BCUT2D eigenvalue weighted by molar-refractivity contribution is 7.18. The minimum atomic E-state index is -0.104. The van der Waals surface area contributed by atoms with Gasteiger partial charge in [-0.3, -0.25) is 4.90 Å². The largest absolute Gasteiger partial charge is 0.356 e. The van der Waals surface area contributed by atoms with E-state index < -0.39 is 0 Å². The Morgan fingerprint density at radius 3 is 2.58 bits per heavy atom. The zero-order valence-electron chi connectivity index (χ0n) is 19.9. The lowest BCUT2D eigenvalue weighted by molar-refractivity contribution is 0.181. The Bertz CT molecular complexity index is 1240. The molecule has 1 saturated heterocycles. The normalized spacial score (nSPS) is 16.4. The second-order valence-electron chi connectivity index (χ2n) is 9.29. The number of fused-ring (bicyclic) bond motifs is 1. The van der Waals surface area contributed by atoms with Gasteiger partial charge in [-0.2, -0.15) is 0 Å². The fourth-order valence-electron chi connectivity index (χ4n) is 4.62. The number of nitrogens with zero attached hydrogens (tertiary/aromatic N) is 5. The van der Waals surface area contributed by atoms with Crippen LogP contribution >= 0.6 is 11.3 Å². The van der Waals surface area contributed by atoms with Crippen LogP contribution in [0, 0.1) is 19.8 Å². The van der Waals surface area contributed by atoms with E-state index in [0.717, 1.165) is 58.8 Å². The zero-order chi connectivity index (χ0) is 22.9. The van der Waals surface area contributed by atoms with Gasteiger partial charge in [0.1, 0.15) is 28.3 Å². The molecular weight excluding hydrogens is 428 g/mol. The van der Waals surface area contributed by atoms with Gasteiger partial charge in [-0.05, 0) is 56.8 Å². The van der Waals surface area contributed by atoms with Crippen molar-refractivity contribution < 1.29 is 0 Å². The molecule has 172 valence electrons.